The van der Waals surface area contributed by atoms with Crippen molar-refractivity contribution in [1.29, 1.82) is 0 Å². The number of carboxylic acid groups (broad SMARTS) is 1. The zero-order chi connectivity index (χ0) is 17.1. The highest BCUT2D eigenvalue weighted by Gasteiger charge is 2.29. The van der Waals surface area contributed by atoms with E-state index in [9.17, 15) is 14.4 Å². The van der Waals surface area contributed by atoms with Crippen LogP contribution in [-0.2, 0) is 9.53 Å². The van der Waals surface area contributed by atoms with Crippen molar-refractivity contribution in [3.8, 4) is 0 Å². The Morgan fingerprint density at radius 2 is 2.04 bits per heavy atom. The number of carbonyl (C=O) groups is 3. The Labute approximate surface area is 138 Å². The number of aliphatic carboxylic acids is 1. The van der Waals surface area contributed by atoms with Gasteiger partial charge in [0.15, 0.2) is 6.10 Å². The number of hydrogen-bond acceptors (Lipinski definition) is 4. The summed E-state index contributed by atoms with van der Waals surface area (Å²) in [7, 11) is 0. The molecule has 3 N–H and O–H groups in total. The molecule has 2 fully saturated rings. The standard InChI is InChI=1S/C16H19N3O5/c20-14(19-6-7-24-13(9-19)15(21)22)10-2-1-3-12(8-10)18-16(23)17-11-4-5-11/h1-3,8,11,13H,4-7,9H2,(H,21,22)(H2,17,18,23). The van der Waals surface area contributed by atoms with Crippen LogP contribution in [0.3, 0.4) is 0 Å². The van der Waals surface area contributed by atoms with E-state index in [0.29, 0.717) is 17.8 Å². The second kappa shape index (κ2) is 6.88. The highest BCUT2D eigenvalue weighted by Crippen LogP contribution is 2.19. The summed E-state index contributed by atoms with van der Waals surface area (Å²) >= 11 is 0. The molecule has 1 aromatic carbocycles. The number of rotatable bonds is 4. The van der Waals surface area contributed by atoms with Crippen LogP contribution in [0.15, 0.2) is 24.3 Å². The maximum absolute atomic E-state index is 12.5. The molecule has 1 saturated carbocycles. The normalized spacial score (nSPS) is 20.3. The number of anilines is 1. The minimum atomic E-state index is -1.08. The Hall–Kier alpha value is -2.61. The summed E-state index contributed by atoms with van der Waals surface area (Å²) in [6.45, 7) is 0.529. The number of urea groups is 1. The van der Waals surface area contributed by atoms with Crippen molar-refractivity contribution in [3.05, 3.63) is 29.8 Å². The molecule has 128 valence electrons. The van der Waals surface area contributed by atoms with E-state index in [-0.39, 0.29) is 31.1 Å². The van der Waals surface area contributed by atoms with Gasteiger partial charge in [0.25, 0.3) is 5.91 Å². The first-order valence-corrected chi connectivity index (χ1v) is 7.84. The molecule has 3 amide bonds. The van der Waals surface area contributed by atoms with Crippen molar-refractivity contribution in [2.45, 2.75) is 25.0 Å². The van der Waals surface area contributed by atoms with E-state index in [1.54, 1.807) is 24.3 Å². The molecule has 2 aliphatic rings. The summed E-state index contributed by atoms with van der Waals surface area (Å²) in [5.74, 6) is -1.37. The lowest BCUT2D eigenvalue weighted by Crippen LogP contribution is -2.48. The third-order valence-electron chi connectivity index (χ3n) is 3.91. The number of amides is 3. The minimum absolute atomic E-state index is 0.00793. The molecule has 1 atom stereocenters. The Kier molecular flexibility index (Phi) is 4.66. The van der Waals surface area contributed by atoms with Gasteiger partial charge in [0, 0.05) is 23.8 Å². The van der Waals surface area contributed by atoms with Crippen LogP contribution < -0.4 is 10.6 Å². The summed E-state index contributed by atoms with van der Waals surface area (Å²) in [5, 5.41) is 14.5. The maximum atomic E-state index is 12.5. The molecule has 8 nitrogen and oxygen atoms in total. The molecule has 0 bridgehead atoms. The Morgan fingerprint density at radius 1 is 1.25 bits per heavy atom. The number of carbonyl (C=O) groups excluding carboxylic acids is 2. The van der Waals surface area contributed by atoms with Gasteiger partial charge in [0.05, 0.1) is 13.2 Å². The van der Waals surface area contributed by atoms with Crippen LogP contribution in [0.2, 0.25) is 0 Å². The molecule has 24 heavy (non-hydrogen) atoms. The molecule has 8 heteroatoms. The van der Waals surface area contributed by atoms with E-state index < -0.39 is 12.1 Å². The van der Waals surface area contributed by atoms with E-state index >= 15 is 0 Å². The molecule has 1 saturated heterocycles. The lowest BCUT2D eigenvalue weighted by molar-refractivity contribution is -0.154. The average Bonchev–Trinajstić information content (AvgIpc) is 3.38. The topological polar surface area (TPSA) is 108 Å². The quantitative estimate of drug-likeness (QED) is 0.758. The van der Waals surface area contributed by atoms with Crippen LogP contribution in [0.25, 0.3) is 0 Å². The van der Waals surface area contributed by atoms with Crippen LogP contribution in [0.5, 0.6) is 0 Å². The number of morpholine rings is 1. The van der Waals surface area contributed by atoms with Crippen LogP contribution in [0.4, 0.5) is 10.5 Å². The maximum Gasteiger partial charge on any atom is 0.334 e. The van der Waals surface area contributed by atoms with E-state index in [1.165, 1.54) is 4.90 Å². The van der Waals surface area contributed by atoms with Crippen molar-refractivity contribution >= 4 is 23.6 Å². The number of hydrogen-bond donors (Lipinski definition) is 3. The van der Waals surface area contributed by atoms with E-state index in [0.717, 1.165) is 12.8 Å². The molecule has 1 aromatic rings. The predicted octanol–water partition coefficient (Wildman–Crippen LogP) is 0.896. The molecular formula is C16H19N3O5. The van der Waals surface area contributed by atoms with E-state index in [1.807, 2.05) is 0 Å². The number of benzene rings is 1. The van der Waals surface area contributed by atoms with Gasteiger partial charge in [-0.1, -0.05) is 6.07 Å². The van der Waals surface area contributed by atoms with Crippen molar-refractivity contribution in [2.24, 2.45) is 0 Å². The third-order valence-corrected chi connectivity index (χ3v) is 3.91. The fraction of sp³-hybridized carbons (Fsp3) is 0.438. The molecule has 1 heterocycles. The first-order valence-electron chi connectivity index (χ1n) is 7.84. The number of nitrogens with zero attached hydrogens (tertiary/aromatic N) is 1. The largest absolute Gasteiger partial charge is 0.479 e. The van der Waals surface area contributed by atoms with Crippen LogP contribution in [-0.4, -0.2) is 59.8 Å². The molecule has 3 rings (SSSR count). The van der Waals surface area contributed by atoms with E-state index in [4.69, 9.17) is 9.84 Å². The third kappa shape index (κ3) is 4.02. The second-order valence-corrected chi connectivity index (χ2v) is 5.90. The highest BCUT2D eigenvalue weighted by molar-refractivity contribution is 5.97. The van der Waals surface area contributed by atoms with Crippen molar-refractivity contribution in [1.82, 2.24) is 10.2 Å². The minimum Gasteiger partial charge on any atom is -0.479 e. The zero-order valence-electron chi connectivity index (χ0n) is 13.0. The molecule has 0 aromatic heterocycles. The SMILES string of the molecule is O=C(Nc1cccc(C(=O)N2CCOC(C(=O)O)C2)c1)NC1CC1. The van der Waals surface area contributed by atoms with Crippen molar-refractivity contribution < 1.29 is 24.2 Å². The summed E-state index contributed by atoms with van der Waals surface area (Å²) < 4.78 is 5.12. The number of nitrogens with one attached hydrogen (secondary N) is 2. The van der Waals surface area contributed by atoms with E-state index in [2.05, 4.69) is 10.6 Å². The first-order chi connectivity index (χ1) is 11.5. The van der Waals surface area contributed by atoms with Crippen LogP contribution in [0.1, 0.15) is 23.2 Å². The molecule has 0 radical (unpaired) electrons. The summed E-state index contributed by atoms with van der Waals surface area (Å²) in [5.41, 5.74) is 0.910. The molecule has 1 aliphatic heterocycles. The Morgan fingerprint density at radius 3 is 2.75 bits per heavy atom. The van der Waals surface area contributed by atoms with Gasteiger partial charge in [-0.05, 0) is 31.0 Å². The van der Waals surface area contributed by atoms with Gasteiger partial charge in [0.1, 0.15) is 0 Å². The molecule has 0 spiro atoms. The predicted molar refractivity (Wildman–Crippen MR) is 84.9 cm³/mol. The fourth-order valence-electron chi connectivity index (χ4n) is 2.48. The lowest BCUT2D eigenvalue weighted by atomic mass is 10.1. The van der Waals surface area contributed by atoms with Gasteiger partial charge >= 0.3 is 12.0 Å². The molecule has 1 unspecified atom stereocenters. The van der Waals surface area contributed by atoms with Crippen molar-refractivity contribution in [2.75, 3.05) is 25.0 Å². The number of ether oxygens (including phenoxy) is 1. The second-order valence-electron chi connectivity index (χ2n) is 5.90. The molecular weight excluding hydrogens is 314 g/mol. The van der Waals surface area contributed by atoms with Crippen LogP contribution in [0, 0.1) is 0 Å². The monoisotopic (exact) mass is 333 g/mol. The van der Waals surface area contributed by atoms with Gasteiger partial charge in [-0.3, -0.25) is 4.79 Å². The summed E-state index contributed by atoms with van der Waals surface area (Å²) in [4.78, 5) is 36.8. The van der Waals surface area contributed by atoms with Gasteiger partial charge in [-0.25, -0.2) is 9.59 Å². The van der Waals surface area contributed by atoms with Crippen molar-refractivity contribution in [3.63, 3.8) is 0 Å². The summed E-state index contributed by atoms with van der Waals surface area (Å²) in [6.07, 6.45) is 0.981. The summed E-state index contributed by atoms with van der Waals surface area (Å²) in [6, 6.07) is 6.55. The number of carboxylic acids is 1. The highest BCUT2D eigenvalue weighted by atomic mass is 16.5. The Balaban J connectivity index is 1.64. The van der Waals surface area contributed by atoms with Gasteiger partial charge in [-0.2, -0.15) is 0 Å². The smallest absolute Gasteiger partial charge is 0.334 e. The lowest BCUT2D eigenvalue weighted by Gasteiger charge is -2.31. The molecule has 1 aliphatic carbocycles. The van der Waals surface area contributed by atoms with Crippen LogP contribution >= 0.6 is 0 Å². The zero-order valence-corrected chi connectivity index (χ0v) is 13.0. The van der Waals surface area contributed by atoms with Gasteiger partial charge in [-0.15, -0.1) is 0 Å². The average molecular weight is 333 g/mol. The van der Waals surface area contributed by atoms with Gasteiger partial charge in [0.2, 0.25) is 0 Å². The first kappa shape index (κ1) is 16.3. The Bertz CT molecular complexity index is 659. The van der Waals surface area contributed by atoms with Gasteiger partial charge < -0.3 is 25.4 Å². The fourth-order valence-corrected chi connectivity index (χ4v) is 2.48.